The molecule has 0 aliphatic carbocycles. The van der Waals surface area contributed by atoms with E-state index in [1.807, 2.05) is 20.8 Å². The summed E-state index contributed by atoms with van der Waals surface area (Å²) in [5.41, 5.74) is 0.684. The second kappa shape index (κ2) is 8.68. The van der Waals surface area contributed by atoms with E-state index in [2.05, 4.69) is 6.08 Å². The van der Waals surface area contributed by atoms with Crippen LogP contribution in [0.2, 0.25) is 0 Å². The van der Waals surface area contributed by atoms with Crippen molar-refractivity contribution in [1.29, 1.82) is 0 Å². The minimum absolute atomic E-state index is 0.0117. The molecule has 0 spiro atoms. The maximum Gasteiger partial charge on any atom is 0.204 e. The molecule has 0 fully saturated rings. The van der Waals surface area contributed by atoms with Crippen LogP contribution in [-0.4, -0.2) is 26.9 Å². The van der Waals surface area contributed by atoms with Gasteiger partial charge in [0.05, 0.1) is 6.42 Å². The normalized spacial score (nSPS) is 18.2. The van der Waals surface area contributed by atoms with E-state index < -0.39 is 22.9 Å². The van der Waals surface area contributed by atoms with Crippen LogP contribution < -0.4 is 4.74 Å². The van der Waals surface area contributed by atoms with E-state index in [1.165, 1.54) is 42.0 Å². The third kappa shape index (κ3) is 4.63. The van der Waals surface area contributed by atoms with Crippen molar-refractivity contribution >= 4 is 11.6 Å². The van der Waals surface area contributed by atoms with Crippen LogP contribution in [0.3, 0.4) is 0 Å². The van der Waals surface area contributed by atoms with Crippen molar-refractivity contribution in [2.75, 3.05) is 0 Å². The van der Waals surface area contributed by atoms with Crippen LogP contribution in [0.25, 0.3) is 0 Å². The number of phenols is 3. The summed E-state index contributed by atoms with van der Waals surface area (Å²) in [7, 11) is 0. The molecule has 0 radical (unpaired) electrons. The van der Waals surface area contributed by atoms with Gasteiger partial charge in [0.15, 0.2) is 5.78 Å². The molecule has 1 unspecified atom stereocenters. The van der Waals surface area contributed by atoms with Gasteiger partial charge in [0.1, 0.15) is 28.6 Å². The number of hydrogen-bond acceptors (Lipinski definition) is 6. The van der Waals surface area contributed by atoms with Crippen LogP contribution in [-0.2, 0) is 10.4 Å². The monoisotopic (exact) mass is 422 g/mol. The third-order valence-corrected chi connectivity index (χ3v) is 5.24. The minimum atomic E-state index is -1.67. The van der Waals surface area contributed by atoms with Crippen LogP contribution in [0.1, 0.15) is 56.0 Å². The first kappa shape index (κ1) is 22.2. The molecule has 6 heteroatoms. The summed E-state index contributed by atoms with van der Waals surface area (Å²) >= 11 is 0. The molecule has 6 nitrogen and oxygen atoms in total. The van der Waals surface area contributed by atoms with Gasteiger partial charge >= 0.3 is 0 Å². The molecule has 0 amide bonds. The molecule has 2 aromatic carbocycles. The predicted octanol–water partition coefficient (Wildman–Crippen LogP) is 4.93. The highest BCUT2D eigenvalue weighted by molar-refractivity contribution is 6.09. The Balaban J connectivity index is 2.07. The molecular weight excluding hydrogens is 396 g/mol. The summed E-state index contributed by atoms with van der Waals surface area (Å²) in [5.74, 6) is -1.64. The highest BCUT2D eigenvalue weighted by atomic mass is 16.5. The van der Waals surface area contributed by atoms with Crippen molar-refractivity contribution in [2.24, 2.45) is 0 Å². The van der Waals surface area contributed by atoms with E-state index in [1.54, 1.807) is 0 Å². The zero-order valence-electron chi connectivity index (χ0n) is 17.8. The maximum absolute atomic E-state index is 13.5. The number of rotatable bonds is 6. The molecule has 1 aliphatic rings. The first-order chi connectivity index (χ1) is 14.6. The number of hydrogen-bond donors (Lipinski definition) is 3. The lowest BCUT2D eigenvalue weighted by Crippen LogP contribution is -2.45. The summed E-state index contributed by atoms with van der Waals surface area (Å²) in [4.78, 5) is 26.4. The van der Waals surface area contributed by atoms with E-state index >= 15 is 0 Å². The zero-order chi connectivity index (χ0) is 22.8. The number of ether oxygens (including phenoxy) is 1. The van der Waals surface area contributed by atoms with Crippen molar-refractivity contribution in [3.05, 3.63) is 70.8 Å². The van der Waals surface area contributed by atoms with E-state index in [9.17, 15) is 24.9 Å². The third-order valence-electron chi connectivity index (χ3n) is 5.24. The highest BCUT2D eigenvalue weighted by Crippen LogP contribution is 2.45. The number of Topliss-reactive ketones (excluding diaryl/α,β-unsaturated/α-hetero) is 1. The van der Waals surface area contributed by atoms with Crippen molar-refractivity contribution in [3.8, 4) is 23.0 Å². The van der Waals surface area contributed by atoms with Gasteiger partial charge < -0.3 is 20.1 Å². The number of fused-ring (bicyclic) bond motifs is 1. The average molecular weight is 422 g/mol. The summed E-state index contributed by atoms with van der Waals surface area (Å²) in [6.45, 7) is 5.86. The molecule has 31 heavy (non-hydrogen) atoms. The molecule has 1 aliphatic heterocycles. The quantitative estimate of drug-likeness (QED) is 0.451. The van der Waals surface area contributed by atoms with Gasteiger partial charge in [-0.25, -0.2) is 0 Å². The largest absolute Gasteiger partial charge is 0.508 e. The van der Waals surface area contributed by atoms with Crippen LogP contribution in [0.15, 0.2) is 59.7 Å². The van der Waals surface area contributed by atoms with Gasteiger partial charge in [0.2, 0.25) is 11.4 Å². The fourth-order valence-corrected chi connectivity index (χ4v) is 3.66. The first-order valence-corrected chi connectivity index (χ1v) is 10.0. The molecule has 0 bridgehead atoms. The average Bonchev–Trinajstić information content (AvgIpc) is 2.67. The summed E-state index contributed by atoms with van der Waals surface area (Å²) in [6, 6.07) is 8.15. The van der Waals surface area contributed by atoms with Crippen molar-refractivity contribution < 1.29 is 29.6 Å². The second-order valence-corrected chi connectivity index (χ2v) is 8.09. The molecule has 0 aromatic heterocycles. The molecule has 3 N–H and O–H groups in total. The Hall–Kier alpha value is -3.54. The maximum atomic E-state index is 13.5. The van der Waals surface area contributed by atoms with Crippen LogP contribution in [0, 0.1) is 0 Å². The summed E-state index contributed by atoms with van der Waals surface area (Å²) in [5, 5.41) is 29.7. The van der Waals surface area contributed by atoms with Crippen molar-refractivity contribution in [3.63, 3.8) is 0 Å². The van der Waals surface area contributed by atoms with Gasteiger partial charge in [-0.2, -0.15) is 0 Å². The fraction of sp³-hybridized carbons (Fsp3) is 0.280. The number of carbonyl (C=O) groups is 2. The van der Waals surface area contributed by atoms with Crippen LogP contribution in [0.5, 0.6) is 23.0 Å². The Labute approximate surface area is 181 Å². The van der Waals surface area contributed by atoms with Gasteiger partial charge in [-0.3, -0.25) is 9.59 Å². The summed E-state index contributed by atoms with van der Waals surface area (Å²) in [6.07, 6.45) is 4.70. The lowest BCUT2D eigenvalue weighted by molar-refractivity contribution is -0.130. The minimum Gasteiger partial charge on any atom is -0.508 e. The van der Waals surface area contributed by atoms with E-state index in [0.717, 1.165) is 18.1 Å². The Morgan fingerprint density at radius 2 is 1.74 bits per heavy atom. The lowest BCUT2D eigenvalue weighted by Gasteiger charge is -2.36. The predicted molar refractivity (Wildman–Crippen MR) is 117 cm³/mol. The molecule has 162 valence electrons. The van der Waals surface area contributed by atoms with Crippen molar-refractivity contribution in [2.45, 2.75) is 45.6 Å². The smallest absolute Gasteiger partial charge is 0.204 e. The van der Waals surface area contributed by atoms with Gasteiger partial charge in [-0.15, -0.1) is 0 Å². The van der Waals surface area contributed by atoms with Crippen LogP contribution in [0.4, 0.5) is 0 Å². The Morgan fingerprint density at radius 3 is 2.39 bits per heavy atom. The Morgan fingerprint density at radius 1 is 1.06 bits per heavy atom. The molecule has 3 rings (SSSR count). The van der Waals surface area contributed by atoms with Gasteiger partial charge in [0, 0.05) is 17.7 Å². The van der Waals surface area contributed by atoms with E-state index in [0.29, 0.717) is 12.0 Å². The molecular formula is C25H26O6. The zero-order valence-corrected chi connectivity index (χ0v) is 17.8. The van der Waals surface area contributed by atoms with E-state index in [-0.39, 0.29) is 29.2 Å². The van der Waals surface area contributed by atoms with Gasteiger partial charge in [0.25, 0.3) is 0 Å². The van der Waals surface area contributed by atoms with Gasteiger partial charge in [-0.05, 0) is 51.8 Å². The topological polar surface area (TPSA) is 104 Å². The number of aromatic hydroxyl groups is 3. The number of phenolic OH excluding ortho intramolecular Hbond substituents is 3. The standard InChI is InChI=1S/C25H26O6/c1-15(2)5-4-6-16(3)11-23(30)25(17-7-9-18(26)10-8-17)14-21(29)24-20(28)12-19(27)13-22(24)31-25/h5,7-13,26-28H,4,6,14H2,1-3H3/b16-11+. The number of benzene rings is 2. The highest BCUT2D eigenvalue weighted by Gasteiger charge is 2.48. The molecule has 1 atom stereocenters. The molecule has 0 saturated heterocycles. The number of ketones is 2. The Bertz CT molecular complexity index is 1070. The number of carbonyl (C=O) groups excluding carboxylic acids is 2. The van der Waals surface area contributed by atoms with E-state index in [4.69, 9.17) is 4.74 Å². The van der Waals surface area contributed by atoms with Crippen LogP contribution >= 0.6 is 0 Å². The van der Waals surface area contributed by atoms with Crippen molar-refractivity contribution in [1.82, 2.24) is 0 Å². The molecule has 0 saturated carbocycles. The summed E-state index contributed by atoms with van der Waals surface area (Å²) < 4.78 is 6.05. The first-order valence-electron chi connectivity index (χ1n) is 10.0. The molecule has 1 heterocycles. The number of allylic oxidation sites excluding steroid dienone is 3. The lowest BCUT2D eigenvalue weighted by atomic mass is 9.80. The SMILES string of the molecule is CC(C)=CCC/C(C)=C/C(=O)C1(c2ccc(O)cc2)CC(=O)c2c(O)cc(O)cc2O1. The Kier molecular flexibility index (Phi) is 6.20. The second-order valence-electron chi connectivity index (χ2n) is 8.09. The fourth-order valence-electron chi connectivity index (χ4n) is 3.66. The van der Waals surface area contributed by atoms with Gasteiger partial charge in [-0.1, -0.05) is 29.4 Å². The molecule has 2 aromatic rings.